The molecule has 0 bridgehead atoms. The lowest BCUT2D eigenvalue weighted by molar-refractivity contribution is 0.0995. The molecular formula is C8H9ClN2O. The molecule has 0 fully saturated rings. The van der Waals surface area contributed by atoms with E-state index in [0.29, 0.717) is 12.3 Å². The third-order valence-electron chi connectivity index (χ3n) is 1.41. The fourth-order valence-electron chi connectivity index (χ4n) is 0.853. The van der Waals surface area contributed by atoms with Gasteiger partial charge in [-0.1, -0.05) is 6.07 Å². The van der Waals surface area contributed by atoms with Crippen molar-refractivity contribution in [3.05, 3.63) is 29.6 Å². The van der Waals surface area contributed by atoms with Crippen LogP contribution in [0.15, 0.2) is 18.2 Å². The largest absolute Gasteiger partial charge is 0.364 e. The maximum atomic E-state index is 10.7. The summed E-state index contributed by atoms with van der Waals surface area (Å²) >= 11 is 5.51. The Bertz CT molecular complexity index is 288. The molecule has 4 heteroatoms. The number of nitrogens with zero attached hydrogens (tertiary/aromatic N) is 1. The van der Waals surface area contributed by atoms with Crippen molar-refractivity contribution in [2.75, 3.05) is 5.88 Å². The van der Waals surface area contributed by atoms with Crippen LogP contribution in [0.3, 0.4) is 0 Å². The third-order valence-corrected chi connectivity index (χ3v) is 1.60. The Morgan fingerprint density at radius 1 is 1.58 bits per heavy atom. The van der Waals surface area contributed by atoms with E-state index in [0.717, 1.165) is 5.69 Å². The fraction of sp³-hybridized carbons (Fsp3) is 0.250. The molecule has 0 atom stereocenters. The minimum absolute atomic E-state index is 0.289. The van der Waals surface area contributed by atoms with E-state index < -0.39 is 5.91 Å². The molecule has 0 aliphatic rings. The second-order valence-corrected chi connectivity index (χ2v) is 2.70. The molecule has 0 aromatic carbocycles. The molecule has 3 nitrogen and oxygen atoms in total. The first-order valence-corrected chi connectivity index (χ1v) is 4.09. The molecule has 1 amide bonds. The van der Waals surface area contributed by atoms with E-state index in [1.54, 1.807) is 12.1 Å². The van der Waals surface area contributed by atoms with Crippen LogP contribution in [0.5, 0.6) is 0 Å². The van der Waals surface area contributed by atoms with Gasteiger partial charge in [0, 0.05) is 18.0 Å². The zero-order valence-corrected chi connectivity index (χ0v) is 7.21. The van der Waals surface area contributed by atoms with Crippen LogP contribution < -0.4 is 5.73 Å². The van der Waals surface area contributed by atoms with Crippen molar-refractivity contribution < 1.29 is 4.79 Å². The number of alkyl halides is 1. The average Bonchev–Trinajstić information content (AvgIpc) is 2.05. The van der Waals surface area contributed by atoms with Crippen molar-refractivity contribution in [3.8, 4) is 0 Å². The number of rotatable bonds is 3. The van der Waals surface area contributed by atoms with Gasteiger partial charge in [-0.3, -0.25) is 4.79 Å². The van der Waals surface area contributed by atoms with Crippen LogP contribution in [0.1, 0.15) is 16.2 Å². The quantitative estimate of drug-likeness (QED) is 0.712. The summed E-state index contributed by atoms with van der Waals surface area (Å²) in [6.45, 7) is 0. The number of aromatic nitrogens is 1. The van der Waals surface area contributed by atoms with Crippen molar-refractivity contribution in [1.29, 1.82) is 0 Å². The van der Waals surface area contributed by atoms with Gasteiger partial charge in [-0.2, -0.15) is 0 Å². The summed E-state index contributed by atoms with van der Waals surface area (Å²) in [7, 11) is 0. The second-order valence-electron chi connectivity index (χ2n) is 2.32. The fourth-order valence-corrected chi connectivity index (χ4v) is 1.05. The van der Waals surface area contributed by atoms with Crippen LogP contribution in [0, 0.1) is 0 Å². The molecule has 1 rings (SSSR count). The van der Waals surface area contributed by atoms with Crippen molar-refractivity contribution in [3.63, 3.8) is 0 Å². The Balaban J connectivity index is 2.88. The Morgan fingerprint density at radius 3 is 2.92 bits per heavy atom. The molecule has 1 aromatic heterocycles. The van der Waals surface area contributed by atoms with Crippen LogP contribution in [0.4, 0.5) is 0 Å². The van der Waals surface area contributed by atoms with Crippen LogP contribution >= 0.6 is 11.6 Å². The summed E-state index contributed by atoms with van der Waals surface area (Å²) in [6.07, 6.45) is 0.655. The average molecular weight is 185 g/mol. The third kappa shape index (κ3) is 2.20. The van der Waals surface area contributed by atoms with Crippen molar-refractivity contribution in [1.82, 2.24) is 4.98 Å². The molecule has 0 spiro atoms. The molecule has 0 saturated carbocycles. The molecular weight excluding hydrogens is 176 g/mol. The van der Waals surface area contributed by atoms with E-state index in [1.165, 1.54) is 0 Å². The molecule has 64 valence electrons. The lowest BCUT2D eigenvalue weighted by Gasteiger charge is -1.98. The van der Waals surface area contributed by atoms with Gasteiger partial charge in [0.2, 0.25) is 0 Å². The Kier molecular flexibility index (Phi) is 3.05. The number of carbonyl (C=O) groups excluding carboxylic acids is 1. The predicted octanol–water partition coefficient (Wildman–Crippen LogP) is 0.962. The number of aryl methyl sites for hydroxylation is 1. The van der Waals surface area contributed by atoms with E-state index in [9.17, 15) is 4.79 Å². The van der Waals surface area contributed by atoms with Crippen LogP contribution in [0.2, 0.25) is 0 Å². The van der Waals surface area contributed by atoms with Gasteiger partial charge >= 0.3 is 0 Å². The number of hydrogen-bond donors (Lipinski definition) is 1. The van der Waals surface area contributed by atoms with E-state index in [-0.39, 0.29) is 5.69 Å². The Labute approximate surface area is 75.6 Å². The summed E-state index contributed by atoms with van der Waals surface area (Å²) in [5.74, 6) is -0.0127. The first-order chi connectivity index (χ1) is 5.74. The Morgan fingerprint density at radius 2 is 2.33 bits per heavy atom. The molecule has 0 aliphatic heterocycles. The van der Waals surface area contributed by atoms with E-state index in [4.69, 9.17) is 17.3 Å². The number of primary amides is 1. The second kappa shape index (κ2) is 4.07. The normalized spacial score (nSPS) is 9.75. The highest BCUT2D eigenvalue weighted by atomic mass is 35.5. The molecule has 1 aromatic rings. The molecule has 2 N–H and O–H groups in total. The number of nitrogens with two attached hydrogens (primary N) is 1. The molecule has 0 aliphatic carbocycles. The van der Waals surface area contributed by atoms with E-state index in [1.807, 2.05) is 6.07 Å². The summed E-state index contributed by atoms with van der Waals surface area (Å²) in [5.41, 5.74) is 6.13. The zero-order chi connectivity index (χ0) is 8.97. The maximum Gasteiger partial charge on any atom is 0.267 e. The summed E-state index contributed by atoms with van der Waals surface area (Å²) in [5, 5.41) is 0. The monoisotopic (exact) mass is 184 g/mol. The van der Waals surface area contributed by atoms with Gasteiger partial charge in [0.1, 0.15) is 5.69 Å². The van der Waals surface area contributed by atoms with Gasteiger partial charge in [0.25, 0.3) is 5.91 Å². The molecule has 0 unspecified atom stereocenters. The van der Waals surface area contributed by atoms with Crippen LogP contribution in [-0.4, -0.2) is 16.8 Å². The topological polar surface area (TPSA) is 56.0 Å². The van der Waals surface area contributed by atoms with Gasteiger partial charge in [-0.05, 0) is 12.1 Å². The standard InChI is InChI=1S/C8H9ClN2O/c9-5-4-6-2-1-3-7(11-6)8(10)12/h1-3H,4-5H2,(H2,10,12). The van der Waals surface area contributed by atoms with Crippen molar-refractivity contribution in [2.45, 2.75) is 6.42 Å². The number of amides is 1. The van der Waals surface area contributed by atoms with E-state index >= 15 is 0 Å². The van der Waals surface area contributed by atoms with E-state index in [2.05, 4.69) is 4.98 Å². The lowest BCUT2D eigenvalue weighted by atomic mass is 10.2. The molecule has 0 radical (unpaired) electrons. The highest BCUT2D eigenvalue weighted by Gasteiger charge is 2.01. The van der Waals surface area contributed by atoms with Gasteiger partial charge in [-0.15, -0.1) is 11.6 Å². The van der Waals surface area contributed by atoms with Crippen molar-refractivity contribution in [2.24, 2.45) is 5.73 Å². The minimum atomic E-state index is -0.508. The number of carbonyl (C=O) groups is 1. The summed E-state index contributed by atoms with van der Waals surface area (Å²) in [4.78, 5) is 14.7. The SMILES string of the molecule is NC(=O)c1cccc(CCCl)n1. The zero-order valence-electron chi connectivity index (χ0n) is 6.46. The number of pyridine rings is 1. The smallest absolute Gasteiger partial charge is 0.267 e. The van der Waals surface area contributed by atoms with Crippen molar-refractivity contribution >= 4 is 17.5 Å². The lowest BCUT2D eigenvalue weighted by Crippen LogP contribution is -2.13. The predicted molar refractivity (Wildman–Crippen MR) is 47.2 cm³/mol. The van der Waals surface area contributed by atoms with Gasteiger partial charge in [0.05, 0.1) is 0 Å². The molecule has 12 heavy (non-hydrogen) atoms. The first kappa shape index (κ1) is 9.00. The molecule has 0 saturated heterocycles. The Hall–Kier alpha value is -1.09. The van der Waals surface area contributed by atoms with Crippen LogP contribution in [-0.2, 0) is 6.42 Å². The van der Waals surface area contributed by atoms with Crippen LogP contribution in [0.25, 0.3) is 0 Å². The highest BCUT2D eigenvalue weighted by Crippen LogP contribution is 2.00. The van der Waals surface area contributed by atoms with Gasteiger partial charge < -0.3 is 5.73 Å². The van der Waals surface area contributed by atoms with Gasteiger partial charge in [0.15, 0.2) is 0 Å². The summed E-state index contributed by atoms with van der Waals surface area (Å²) in [6, 6.07) is 5.14. The number of hydrogen-bond acceptors (Lipinski definition) is 2. The number of halogens is 1. The highest BCUT2D eigenvalue weighted by molar-refractivity contribution is 6.17. The summed E-state index contributed by atoms with van der Waals surface area (Å²) < 4.78 is 0. The van der Waals surface area contributed by atoms with Gasteiger partial charge in [-0.25, -0.2) is 4.98 Å². The molecule has 1 heterocycles. The first-order valence-electron chi connectivity index (χ1n) is 3.55. The minimum Gasteiger partial charge on any atom is -0.364 e. The maximum absolute atomic E-state index is 10.7.